The summed E-state index contributed by atoms with van der Waals surface area (Å²) in [4.78, 5) is 22.7. The predicted octanol–water partition coefficient (Wildman–Crippen LogP) is 2.25. The summed E-state index contributed by atoms with van der Waals surface area (Å²) in [5.41, 5.74) is -0.562. The molecule has 0 aliphatic heterocycles. The molecule has 0 aliphatic rings. The quantitative estimate of drug-likeness (QED) is 0.886. The van der Waals surface area contributed by atoms with Crippen LogP contribution in [0, 0.1) is 5.82 Å². The van der Waals surface area contributed by atoms with E-state index in [1.165, 1.54) is 0 Å². The Hall–Kier alpha value is -2.25. The summed E-state index contributed by atoms with van der Waals surface area (Å²) in [7, 11) is 1.13. The third-order valence-corrected chi connectivity index (χ3v) is 2.22. The van der Waals surface area contributed by atoms with Gasteiger partial charge < -0.3 is 15.3 Å². The third-order valence-electron chi connectivity index (χ3n) is 2.22. The number of carbonyl (C=O) groups excluding carboxylic acids is 1. The van der Waals surface area contributed by atoms with Gasteiger partial charge in [-0.05, 0) is 18.2 Å². The monoisotopic (exact) mass is 276 g/mol. The number of hydrogen-bond donors (Lipinski definition) is 2. The summed E-state index contributed by atoms with van der Waals surface area (Å²) >= 11 is 0. The Morgan fingerprint density at radius 2 is 2.05 bits per heavy atom. The van der Waals surface area contributed by atoms with E-state index in [9.17, 15) is 22.8 Å². The average Bonchev–Trinajstić information content (AvgIpc) is 2.30. The first-order valence-corrected chi connectivity index (χ1v) is 5.14. The highest BCUT2D eigenvalue weighted by Crippen LogP contribution is 2.16. The zero-order valence-corrected chi connectivity index (χ0v) is 9.86. The molecule has 0 unspecified atom stereocenters. The number of alkyl halides is 2. The number of urea groups is 1. The molecule has 0 heterocycles. The van der Waals surface area contributed by atoms with Crippen molar-refractivity contribution in [1.29, 1.82) is 0 Å². The Balaban J connectivity index is 2.77. The van der Waals surface area contributed by atoms with Gasteiger partial charge in [-0.1, -0.05) is 0 Å². The second kappa shape index (κ2) is 6.07. The Labute approximate surface area is 106 Å². The van der Waals surface area contributed by atoms with Crippen LogP contribution in [0.4, 0.5) is 23.7 Å². The highest BCUT2D eigenvalue weighted by atomic mass is 19.3. The van der Waals surface area contributed by atoms with Gasteiger partial charge in [0.2, 0.25) is 0 Å². The largest absolute Gasteiger partial charge is 0.478 e. The van der Waals surface area contributed by atoms with Crippen LogP contribution < -0.4 is 5.32 Å². The molecule has 1 aromatic carbocycles. The number of amides is 2. The van der Waals surface area contributed by atoms with Gasteiger partial charge in [-0.25, -0.2) is 22.8 Å². The van der Waals surface area contributed by atoms with Gasteiger partial charge in [-0.15, -0.1) is 0 Å². The van der Waals surface area contributed by atoms with Crippen LogP contribution in [-0.4, -0.2) is 42.0 Å². The SMILES string of the molecule is CN(CC(F)F)C(=O)Nc1ccc(C(=O)O)cc1F. The van der Waals surface area contributed by atoms with E-state index in [1.807, 2.05) is 0 Å². The molecule has 1 aromatic rings. The number of nitrogens with one attached hydrogen (secondary N) is 1. The number of halogens is 3. The number of rotatable bonds is 4. The van der Waals surface area contributed by atoms with Gasteiger partial charge in [-0.3, -0.25) is 0 Å². The number of carboxylic acids is 1. The molecule has 0 fully saturated rings. The van der Waals surface area contributed by atoms with E-state index in [-0.39, 0.29) is 11.3 Å². The van der Waals surface area contributed by atoms with Gasteiger partial charge in [0.15, 0.2) is 0 Å². The molecule has 19 heavy (non-hydrogen) atoms. The van der Waals surface area contributed by atoms with Crippen LogP contribution in [0.25, 0.3) is 0 Å². The third kappa shape index (κ3) is 4.16. The molecule has 2 N–H and O–H groups in total. The van der Waals surface area contributed by atoms with Gasteiger partial charge in [0.1, 0.15) is 5.82 Å². The molecule has 0 spiro atoms. The molecule has 0 radical (unpaired) electrons. The van der Waals surface area contributed by atoms with E-state index in [1.54, 1.807) is 0 Å². The minimum absolute atomic E-state index is 0.281. The zero-order valence-electron chi connectivity index (χ0n) is 9.86. The Morgan fingerprint density at radius 1 is 1.42 bits per heavy atom. The number of hydrogen-bond acceptors (Lipinski definition) is 2. The fraction of sp³-hybridized carbons (Fsp3) is 0.273. The van der Waals surface area contributed by atoms with Gasteiger partial charge >= 0.3 is 12.0 Å². The molecule has 0 saturated carbocycles. The number of benzene rings is 1. The summed E-state index contributed by atoms with van der Waals surface area (Å²) < 4.78 is 37.5. The van der Waals surface area contributed by atoms with Gasteiger partial charge in [0.05, 0.1) is 17.8 Å². The lowest BCUT2D eigenvalue weighted by molar-refractivity contribution is 0.0696. The van der Waals surface area contributed by atoms with E-state index in [0.717, 1.165) is 25.2 Å². The molecule has 104 valence electrons. The van der Waals surface area contributed by atoms with Crippen LogP contribution in [0.5, 0.6) is 0 Å². The Morgan fingerprint density at radius 3 is 2.53 bits per heavy atom. The number of aromatic carboxylic acids is 1. The van der Waals surface area contributed by atoms with E-state index >= 15 is 0 Å². The standard InChI is InChI=1S/C11H11F3N2O3/c1-16(5-9(13)14)11(19)15-8-3-2-6(10(17)18)4-7(8)12/h2-4,9H,5H2,1H3,(H,15,19)(H,17,18). The predicted molar refractivity (Wildman–Crippen MR) is 61.0 cm³/mol. The van der Waals surface area contributed by atoms with E-state index in [0.29, 0.717) is 4.90 Å². The Kier molecular flexibility index (Phi) is 4.74. The molecule has 0 bridgehead atoms. The molecular formula is C11H11F3N2O3. The van der Waals surface area contributed by atoms with Crippen LogP contribution in [0.3, 0.4) is 0 Å². The molecule has 0 atom stereocenters. The van der Waals surface area contributed by atoms with Crippen molar-refractivity contribution >= 4 is 17.7 Å². The second-order valence-electron chi connectivity index (χ2n) is 3.70. The van der Waals surface area contributed by atoms with Crippen molar-refractivity contribution in [2.24, 2.45) is 0 Å². The normalized spacial score (nSPS) is 10.4. The van der Waals surface area contributed by atoms with E-state index < -0.39 is 30.8 Å². The number of carbonyl (C=O) groups is 2. The fourth-order valence-electron chi connectivity index (χ4n) is 1.25. The lowest BCUT2D eigenvalue weighted by Gasteiger charge is -2.17. The zero-order chi connectivity index (χ0) is 14.6. The van der Waals surface area contributed by atoms with Gasteiger partial charge in [0, 0.05) is 7.05 Å². The number of nitrogens with zero attached hydrogens (tertiary/aromatic N) is 1. The number of carboxylic acid groups (broad SMARTS) is 1. The van der Waals surface area contributed by atoms with Gasteiger partial charge in [0.25, 0.3) is 6.43 Å². The maximum absolute atomic E-state index is 13.5. The van der Waals surface area contributed by atoms with Gasteiger partial charge in [-0.2, -0.15) is 0 Å². The average molecular weight is 276 g/mol. The van der Waals surface area contributed by atoms with Crippen molar-refractivity contribution in [3.05, 3.63) is 29.6 Å². The van der Waals surface area contributed by atoms with E-state index in [2.05, 4.69) is 5.32 Å². The van der Waals surface area contributed by atoms with Crippen molar-refractivity contribution in [2.75, 3.05) is 18.9 Å². The summed E-state index contributed by atoms with van der Waals surface area (Å²) in [5, 5.41) is 10.7. The topological polar surface area (TPSA) is 69.6 Å². The van der Waals surface area contributed by atoms with Crippen molar-refractivity contribution in [3.63, 3.8) is 0 Å². The summed E-state index contributed by atoms with van der Waals surface area (Å²) in [6.07, 6.45) is -2.70. The summed E-state index contributed by atoms with van der Waals surface area (Å²) in [5.74, 6) is -2.27. The molecule has 1 rings (SSSR count). The summed E-state index contributed by atoms with van der Waals surface area (Å²) in [6.45, 7) is -0.791. The first kappa shape index (κ1) is 14.8. The molecule has 8 heteroatoms. The fourth-order valence-corrected chi connectivity index (χ4v) is 1.25. The van der Waals surface area contributed by atoms with Crippen LogP contribution in [0.1, 0.15) is 10.4 Å². The second-order valence-corrected chi connectivity index (χ2v) is 3.70. The molecule has 0 saturated heterocycles. The van der Waals surface area contributed by atoms with Crippen LogP contribution in [0.2, 0.25) is 0 Å². The molecule has 5 nitrogen and oxygen atoms in total. The van der Waals surface area contributed by atoms with Crippen molar-refractivity contribution in [3.8, 4) is 0 Å². The van der Waals surface area contributed by atoms with Crippen LogP contribution in [0.15, 0.2) is 18.2 Å². The minimum atomic E-state index is -2.70. The van der Waals surface area contributed by atoms with Crippen molar-refractivity contribution < 1.29 is 27.9 Å². The lowest BCUT2D eigenvalue weighted by Crippen LogP contribution is -2.35. The minimum Gasteiger partial charge on any atom is -0.478 e. The lowest BCUT2D eigenvalue weighted by atomic mass is 10.2. The van der Waals surface area contributed by atoms with E-state index in [4.69, 9.17) is 5.11 Å². The van der Waals surface area contributed by atoms with Crippen LogP contribution in [-0.2, 0) is 0 Å². The number of anilines is 1. The van der Waals surface area contributed by atoms with Crippen molar-refractivity contribution in [1.82, 2.24) is 4.90 Å². The maximum atomic E-state index is 13.5. The maximum Gasteiger partial charge on any atom is 0.335 e. The highest BCUT2D eigenvalue weighted by Gasteiger charge is 2.16. The Bertz CT molecular complexity index is 494. The first-order valence-electron chi connectivity index (χ1n) is 5.14. The smallest absolute Gasteiger partial charge is 0.335 e. The highest BCUT2D eigenvalue weighted by molar-refractivity contribution is 5.91. The van der Waals surface area contributed by atoms with Crippen molar-refractivity contribution in [2.45, 2.75) is 6.43 Å². The molecule has 0 aliphatic carbocycles. The molecule has 2 amide bonds. The summed E-state index contributed by atoms with van der Waals surface area (Å²) in [6, 6.07) is 1.95. The first-order chi connectivity index (χ1) is 8.81. The molecular weight excluding hydrogens is 265 g/mol. The molecule has 0 aromatic heterocycles. The van der Waals surface area contributed by atoms with Crippen LogP contribution >= 0.6 is 0 Å².